The van der Waals surface area contributed by atoms with E-state index in [1.807, 2.05) is 12.1 Å². The quantitative estimate of drug-likeness (QED) is 0.801. The van der Waals surface area contributed by atoms with Gasteiger partial charge in [0.25, 0.3) is 0 Å². The Bertz CT molecular complexity index is 721. The molecule has 130 valence electrons. The molecular weight excluding hydrogens is 300 g/mol. The molecule has 1 atom stereocenters. The minimum Gasteiger partial charge on any atom is -0.465 e. The van der Waals surface area contributed by atoms with Crippen molar-refractivity contribution in [1.82, 2.24) is 9.97 Å². The zero-order chi connectivity index (χ0) is 17.3. The molecule has 1 unspecified atom stereocenters. The van der Waals surface area contributed by atoms with Gasteiger partial charge in [0, 0.05) is 5.92 Å². The molecule has 1 aliphatic carbocycles. The first-order valence-electron chi connectivity index (χ1n) is 8.98. The van der Waals surface area contributed by atoms with Crippen molar-refractivity contribution in [3.63, 3.8) is 0 Å². The lowest BCUT2D eigenvalue weighted by molar-refractivity contribution is 0.0601. The van der Waals surface area contributed by atoms with Crippen molar-refractivity contribution >= 4 is 17.0 Å². The normalized spacial score (nSPS) is 17.8. The molecule has 0 saturated heterocycles. The minimum atomic E-state index is -0.318. The van der Waals surface area contributed by atoms with Gasteiger partial charge in [-0.05, 0) is 42.4 Å². The van der Waals surface area contributed by atoms with Crippen LogP contribution in [0.1, 0.15) is 75.0 Å². The van der Waals surface area contributed by atoms with Gasteiger partial charge < -0.3 is 9.72 Å². The van der Waals surface area contributed by atoms with Gasteiger partial charge in [-0.3, -0.25) is 0 Å². The van der Waals surface area contributed by atoms with Crippen LogP contribution < -0.4 is 0 Å². The molecule has 1 aliphatic rings. The van der Waals surface area contributed by atoms with E-state index in [1.165, 1.54) is 39.2 Å². The number of aromatic amines is 1. The van der Waals surface area contributed by atoms with Crippen LogP contribution >= 0.6 is 0 Å². The van der Waals surface area contributed by atoms with Gasteiger partial charge in [0.15, 0.2) is 0 Å². The van der Waals surface area contributed by atoms with E-state index in [0.29, 0.717) is 17.4 Å². The number of H-pyrrole nitrogens is 1. The van der Waals surface area contributed by atoms with Gasteiger partial charge in [-0.25, -0.2) is 9.78 Å². The van der Waals surface area contributed by atoms with Gasteiger partial charge in [-0.15, -0.1) is 0 Å². The van der Waals surface area contributed by atoms with Crippen molar-refractivity contribution in [3.05, 3.63) is 29.6 Å². The summed E-state index contributed by atoms with van der Waals surface area (Å²) in [6, 6.07) is 5.54. The van der Waals surface area contributed by atoms with Crippen molar-refractivity contribution in [2.75, 3.05) is 7.11 Å². The third-order valence-corrected chi connectivity index (χ3v) is 5.27. The maximum Gasteiger partial charge on any atom is 0.337 e. The van der Waals surface area contributed by atoms with Gasteiger partial charge in [-0.2, -0.15) is 0 Å². The molecule has 0 amide bonds. The molecule has 1 aromatic heterocycles. The number of esters is 1. The van der Waals surface area contributed by atoms with Crippen LogP contribution in [0, 0.1) is 11.3 Å². The first-order valence-corrected chi connectivity index (χ1v) is 8.98. The second kappa shape index (κ2) is 6.58. The van der Waals surface area contributed by atoms with Crippen LogP contribution in [-0.2, 0) is 4.74 Å². The number of carbonyl (C=O) groups excluding carboxylic acids is 1. The average molecular weight is 328 g/mol. The fourth-order valence-electron chi connectivity index (χ4n) is 4.23. The smallest absolute Gasteiger partial charge is 0.337 e. The number of carbonyl (C=O) groups is 1. The van der Waals surface area contributed by atoms with E-state index in [9.17, 15) is 4.79 Å². The monoisotopic (exact) mass is 328 g/mol. The van der Waals surface area contributed by atoms with Crippen molar-refractivity contribution < 1.29 is 9.53 Å². The Morgan fingerprint density at radius 2 is 1.96 bits per heavy atom. The lowest BCUT2D eigenvalue weighted by Crippen LogP contribution is -2.28. The number of rotatable bonds is 3. The highest BCUT2D eigenvalue weighted by atomic mass is 16.5. The second-order valence-corrected chi connectivity index (χ2v) is 8.09. The summed E-state index contributed by atoms with van der Waals surface area (Å²) >= 11 is 0. The lowest BCUT2D eigenvalue weighted by atomic mass is 9.68. The number of ether oxygens (including phenoxy) is 1. The van der Waals surface area contributed by atoms with Crippen LogP contribution in [0.5, 0.6) is 0 Å². The third-order valence-electron chi connectivity index (χ3n) is 5.27. The van der Waals surface area contributed by atoms with Gasteiger partial charge in [0.2, 0.25) is 0 Å². The minimum absolute atomic E-state index is 0.154. The van der Waals surface area contributed by atoms with E-state index in [2.05, 4.69) is 25.8 Å². The molecule has 0 bridgehead atoms. The molecular formula is C20H28N2O2. The van der Waals surface area contributed by atoms with Gasteiger partial charge in [0.05, 0.1) is 23.7 Å². The summed E-state index contributed by atoms with van der Waals surface area (Å²) in [5.74, 6) is 1.83. The Labute approximate surface area is 144 Å². The Morgan fingerprint density at radius 1 is 1.25 bits per heavy atom. The topological polar surface area (TPSA) is 55.0 Å². The lowest BCUT2D eigenvalue weighted by Gasteiger charge is -2.37. The standard InChI is InChI=1S/C20H28N2O2/c1-20(2,3)17(13-8-6-5-7-9-13)18-21-15-11-10-14(19(23)24-4)12-16(15)22-18/h10-13,17H,5-9H2,1-4H3,(H,21,22). The number of aromatic nitrogens is 2. The number of hydrogen-bond donors (Lipinski definition) is 1. The highest BCUT2D eigenvalue weighted by Crippen LogP contribution is 2.45. The van der Waals surface area contributed by atoms with Gasteiger partial charge >= 0.3 is 5.97 Å². The summed E-state index contributed by atoms with van der Waals surface area (Å²) in [5, 5.41) is 0. The summed E-state index contributed by atoms with van der Waals surface area (Å²) in [6.45, 7) is 6.91. The van der Waals surface area contributed by atoms with E-state index >= 15 is 0 Å². The molecule has 4 nitrogen and oxygen atoms in total. The van der Waals surface area contributed by atoms with Crippen LogP contribution in [0.4, 0.5) is 0 Å². The molecule has 1 N–H and O–H groups in total. The van der Waals surface area contributed by atoms with E-state index in [-0.39, 0.29) is 11.4 Å². The van der Waals surface area contributed by atoms with Crippen LogP contribution in [0.2, 0.25) is 0 Å². The maximum absolute atomic E-state index is 11.7. The molecule has 1 heterocycles. The summed E-state index contributed by atoms with van der Waals surface area (Å²) in [6.07, 6.45) is 6.57. The highest BCUT2D eigenvalue weighted by Gasteiger charge is 2.36. The molecule has 0 spiro atoms. The van der Waals surface area contributed by atoms with E-state index in [0.717, 1.165) is 16.9 Å². The third kappa shape index (κ3) is 3.33. The second-order valence-electron chi connectivity index (χ2n) is 8.09. The first kappa shape index (κ1) is 17.0. The number of hydrogen-bond acceptors (Lipinski definition) is 3. The Balaban J connectivity index is 1.99. The number of benzene rings is 1. The summed E-state index contributed by atoms with van der Waals surface area (Å²) in [5.41, 5.74) is 2.54. The Kier molecular flexibility index (Phi) is 4.66. The van der Waals surface area contributed by atoms with Crippen LogP contribution in [-0.4, -0.2) is 23.0 Å². The van der Waals surface area contributed by atoms with Crippen molar-refractivity contribution in [3.8, 4) is 0 Å². The fourth-order valence-corrected chi connectivity index (χ4v) is 4.23. The Hall–Kier alpha value is -1.84. The molecule has 2 aromatic rings. The van der Waals surface area contributed by atoms with Gasteiger partial charge in [0.1, 0.15) is 5.82 Å². The molecule has 3 rings (SSSR count). The van der Waals surface area contributed by atoms with Crippen molar-refractivity contribution in [2.24, 2.45) is 11.3 Å². The average Bonchev–Trinajstić information content (AvgIpc) is 2.96. The molecule has 1 saturated carbocycles. The predicted octanol–water partition coefficient (Wildman–Crippen LogP) is 5.06. The zero-order valence-electron chi connectivity index (χ0n) is 15.2. The molecule has 24 heavy (non-hydrogen) atoms. The van der Waals surface area contributed by atoms with Crippen LogP contribution in [0.3, 0.4) is 0 Å². The van der Waals surface area contributed by atoms with Crippen molar-refractivity contribution in [1.29, 1.82) is 0 Å². The predicted molar refractivity (Wildman–Crippen MR) is 96.2 cm³/mol. The first-order chi connectivity index (χ1) is 11.4. The molecule has 1 fully saturated rings. The fraction of sp³-hybridized carbons (Fsp3) is 0.600. The largest absolute Gasteiger partial charge is 0.465 e. The molecule has 0 radical (unpaired) electrons. The number of nitrogens with zero attached hydrogens (tertiary/aromatic N) is 1. The molecule has 4 heteroatoms. The van der Waals surface area contributed by atoms with E-state index in [1.54, 1.807) is 6.07 Å². The number of imidazole rings is 1. The Morgan fingerprint density at radius 3 is 2.58 bits per heavy atom. The summed E-state index contributed by atoms with van der Waals surface area (Å²) in [4.78, 5) is 20.1. The molecule has 1 aromatic carbocycles. The van der Waals surface area contributed by atoms with Crippen LogP contribution in [0.15, 0.2) is 18.2 Å². The van der Waals surface area contributed by atoms with E-state index < -0.39 is 0 Å². The highest BCUT2D eigenvalue weighted by molar-refractivity contribution is 5.93. The summed E-state index contributed by atoms with van der Waals surface area (Å²) in [7, 11) is 1.40. The SMILES string of the molecule is COC(=O)c1ccc2[nH]c(C(C3CCCCC3)C(C)(C)C)nc2c1. The van der Waals surface area contributed by atoms with Crippen molar-refractivity contribution in [2.45, 2.75) is 58.8 Å². The number of nitrogens with one attached hydrogen (secondary N) is 1. The van der Waals surface area contributed by atoms with E-state index in [4.69, 9.17) is 9.72 Å². The molecule has 0 aliphatic heterocycles. The van der Waals surface area contributed by atoms with Crippen LogP contribution in [0.25, 0.3) is 11.0 Å². The van der Waals surface area contributed by atoms with Gasteiger partial charge in [-0.1, -0.05) is 40.0 Å². The maximum atomic E-state index is 11.7. The zero-order valence-corrected chi connectivity index (χ0v) is 15.2. The summed E-state index contributed by atoms with van der Waals surface area (Å²) < 4.78 is 4.81. The number of fused-ring (bicyclic) bond motifs is 1. The number of methoxy groups -OCH3 is 1.